The van der Waals surface area contributed by atoms with Gasteiger partial charge in [0.1, 0.15) is 0 Å². The van der Waals surface area contributed by atoms with Crippen LogP contribution in [0.5, 0.6) is 0 Å². The highest BCUT2D eigenvalue weighted by molar-refractivity contribution is 4.81. The molecule has 13 heavy (non-hydrogen) atoms. The second kappa shape index (κ2) is 4.43. The van der Waals surface area contributed by atoms with Crippen molar-refractivity contribution in [3.8, 4) is 0 Å². The molecule has 0 aliphatic carbocycles. The highest BCUT2D eigenvalue weighted by Gasteiger charge is 2.21. The molecule has 1 aliphatic rings. The van der Waals surface area contributed by atoms with Gasteiger partial charge in [-0.3, -0.25) is 0 Å². The largest absolute Gasteiger partial charge is 0.313 e. The van der Waals surface area contributed by atoms with Crippen LogP contribution in [0.1, 0.15) is 40.5 Å². The molecule has 0 amide bonds. The van der Waals surface area contributed by atoms with Crippen LogP contribution in [0.15, 0.2) is 0 Å². The Bertz CT molecular complexity index is 143. The fourth-order valence-electron chi connectivity index (χ4n) is 1.56. The van der Waals surface area contributed by atoms with Crippen LogP contribution in [0.2, 0.25) is 0 Å². The van der Waals surface area contributed by atoms with E-state index in [1.54, 1.807) is 0 Å². The molecule has 0 saturated carbocycles. The SMILES string of the molecule is CC(NCC1CCCN1)C(C)(C)C. The predicted molar refractivity (Wildman–Crippen MR) is 57.9 cm³/mol. The summed E-state index contributed by atoms with van der Waals surface area (Å²) < 4.78 is 0. The van der Waals surface area contributed by atoms with E-state index in [1.807, 2.05) is 0 Å². The third kappa shape index (κ3) is 3.65. The molecule has 0 radical (unpaired) electrons. The molecule has 0 aromatic carbocycles. The van der Waals surface area contributed by atoms with E-state index in [1.165, 1.54) is 19.4 Å². The van der Waals surface area contributed by atoms with E-state index in [4.69, 9.17) is 0 Å². The fraction of sp³-hybridized carbons (Fsp3) is 1.00. The summed E-state index contributed by atoms with van der Waals surface area (Å²) in [6.07, 6.45) is 2.68. The summed E-state index contributed by atoms with van der Waals surface area (Å²) in [5, 5.41) is 7.10. The van der Waals surface area contributed by atoms with Crippen molar-refractivity contribution >= 4 is 0 Å². The van der Waals surface area contributed by atoms with Gasteiger partial charge >= 0.3 is 0 Å². The summed E-state index contributed by atoms with van der Waals surface area (Å²) in [4.78, 5) is 0. The maximum absolute atomic E-state index is 3.60. The van der Waals surface area contributed by atoms with Crippen LogP contribution < -0.4 is 10.6 Å². The van der Waals surface area contributed by atoms with Crippen molar-refractivity contribution < 1.29 is 0 Å². The molecule has 1 aliphatic heterocycles. The minimum Gasteiger partial charge on any atom is -0.313 e. The van der Waals surface area contributed by atoms with Gasteiger partial charge in [-0.05, 0) is 31.7 Å². The van der Waals surface area contributed by atoms with E-state index in [9.17, 15) is 0 Å². The highest BCUT2D eigenvalue weighted by atomic mass is 15.0. The average molecular weight is 184 g/mol. The molecule has 1 rings (SSSR count). The second-order valence-electron chi connectivity index (χ2n) is 5.29. The second-order valence-corrected chi connectivity index (χ2v) is 5.29. The Hall–Kier alpha value is -0.0800. The molecule has 1 saturated heterocycles. The van der Waals surface area contributed by atoms with E-state index in [0.717, 1.165) is 6.54 Å². The maximum atomic E-state index is 3.60. The molecule has 0 spiro atoms. The monoisotopic (exact) mass is 184 g/mol. The average Bonchev–Trinajstić information content (AvgIpc) is 2.50. The Kier molecular flexibility index (Phi) is 3.74. The zero-order valence-electron chi connectivity index (χ0n) is 9.48. The van der Waals surface area contributed by atoms with Gasteiger partial charge in [-0.25, -0.2) is 0 Å². The smallest absolute Gasteiger partial charge is 0.0193 e. The van der Waals surface area contributed by atoms with Crippen molar-refractivity contribution in [1.29, 1.82) is 0 Å². The molecule has 2 heteroatoms. The van der Waals surface area contributed by atoms with Crippen LogP contribution in [0, 0.1) is 5.41 Å². The zero-order chi connectivity index (χ0) is 9.90. The summed E-state index contributed by atoms with van der Waals surface area (Å²) in [6, 6.07) is 1.31. The maximum Gasteiger partial charge on any atom is 0.0193 e. The van der Waals surface area contributed by atoms with Gasteiger partial charge in [0.15, 0.2) is 0 Å². The molecule has 2 atom stereocenters. The summed E-state index contributed by atoms with van der Waals surface area (Å²) in [6.45, 7) is 11.5. The van der Waals surface area contributed by atoms with E-state index in [-0.39, 0.29) is 0 Å². The molecule has 0 bridgehead atoms. The minimum absolute atomic E-state index is 0.374. The first-order chi connectivity index (χ1) is 6.00. The number of nitrogens with one attached hydrogen (secondary N) is 2. The third-order valence-corrected chi connectivity index (χ3v) is 3.13. The molecule has 2 nitrogen and oxygen atoms in total. The van der Waals surface area contributed by atoms with Gasteiger partial charge in [0.05, 0.1) is 0 Å². The minimum atomic E-state index is 0.374. The van der Waals surface area contributed by atoms with Crippen molar-refractivity contribution in [2.45, 2.75) is 52.6 Å². The van der Waals surface area contributed by atoms with Gasteiger partial charge in [0, 0.05) is 18.6 Å². The lowest BCUT2D eigenvalue weighted by Crippen LogP contribution is -2.43. The first-order valence-electron chi connectivity index (χ1n) is 5.47. The van der Waals surface area contributed by atoms with Crippen molar-refractivity contribution in [3.05, 3.63) is 0 Å². The molecular formula is C11H24N2. The van der Waals surface area contributed by atoms with Crippen LogP contribution in [0.3, 0.4) is 0 Å². The van der Waals surface area contributed by atoms with Crippen LogP contribution in [0.25, 0.3) is 0 Å². The van der Waals surface area contributed by atoms with Crippen molar-refractivity contribution in [3.63, 3.8) is 0 Å². The molecule has 1 fully saturated rings. The van der Waals surface area contributed by atoms with Gasteiger partial charge in [-0.2, -0.15) is 0 Å². The number of hydrogen-bond acceptors (Lipinski definition) is 2. The molecule has 1 heterocycles. The van der Waals surface area contributed by atoms with E-state index >= 15 is 0 Å². The van der Waals surface area contributed by atoms with E-state index in [2.05, 4.69) is 38.3 Å². The molecule has 78 valence electrons. The third-order valence-electron chi connectivity index (χ3n) is 3.13. The van der Waals surface area contributed by atoms with Crippen molar-refractivity contribution in [2.75, 3.05) is 13.1 Å². The van der Waals surface area contributed by atoms with Gasteiger partial charge in [-0.1, -0.05) is 20.8 Å². The van der Waals surface area contributed by atoms with Crippen LogP contribution >= 0.6 is 0 Å². The predicted octanol–water partition coefficient (Wildman–Crippen LogP) is 1.76. The molecule has 2 unspecified atom stereocenters. The standard InChI is InChI=1S/C11H24N2/c1-9(11(2,3)4)13-8-10-6-5-7-12-10/h9-10,12-13H,5-8H2,1-4H3. The van der Waals surface area contributed by atoms with E-state index in [0.29, 0.717) is 17.5 Å². The lowest BCUT2D eigenvalue weighted by molar-refractivity contribution is 0.279. The Morgan fingerprint density at radius 3 is 2.62 bits per heavy atom. The van der Waals surface area contributed by atoms with Crippen molar-refractivity contribution in [1.82, 2.24) is 10.6 Å². The summed E-state index contributed by atoms with van der Waals surface area (Å²) >= 11 is 0. The highest BCUT2D eigenvalue weighted by Crippen LogP contribution is 2.18. The summed E-state index contributed by atoms with van der Waals surface area (Å²) in [7, 11) is 0. The molecule has 0 aromatic heterocycles. The van der Waals surface area contributed by atoms with Gasteiger partial charge in [-0.15, -0.1) is 0 Å². The van der Waals surface area contributed by atoms with Gasteiger partial charge in [0.25, 0.3) is 0 Å². The summed E-state index contributed by atoms with van der Waals surface area (Å²) in [5.74, 6) is 0. The van der Waals surface area contributed by atoms with Crippen LogP contribution in [-0.4, -0.2) is 25.2 Å². The van der Waals surface area contributed by atoms with Gasteiger partial charge in [0.2, 0.25) is 0 Å². The normalized spacial score (nSPS) is 26.3. The Morgan fingerprint density at radius 1 is 1.46 bits per heavy atom. The van der Waals surface area contributed by atoms with Crippen molar-refractivity contribution in [2.24, 2.45) is 5.41 Å². The fourth-order valence-corrected chi connectivity index (χ4v) is 1.56. The van der Waals surface area contributed by atoms with Crippen LogP contribution in [-0.2, 0) is 0 Å². The Labute approximate surface area is 82.5 Å². The quantitative estimate of drug-likeness (QED) is 0.698. The first kappa shape index (κ1) is 11.0. The summed E-state index contributed by atoms with van der Waals surface area (Å²) in [5.41, 5.74) is 0.374. The zero-order valence-corrected chi connectivity index (χ0v) is 9.48. The van der Waals surface area contributed by atoms with E-state index < -0.39 is 0 Å². The number of hydrogen-bond donors (Lipinski definition) is 2. The Balaban J connectivity index is 2.17. The molecular weight excluding hydrogens is 160 g/mol. The lowest BCUT2D eigenvalue weighted by Gasteiger charge is -2.29. The number of rotatable bonds is 3. The first-order valence-corrected chi connectivity index (χ1v) is 5.47. The lowest BCUT2D eigenvalue weighted by atomic mass is 9.88. The molecule has 0 aromatic rings. The molecule has 2 N–H and O–H groups in total. The van der Waals surface area contributed by atoms with Gasteiger partial charge < -0.3 is 10.6 Å². The van der Waals surface area contributed by atoms with Crippen LogP contribution in [0.4, 0.5) is 0 Å². The topological polar surface area (TPSA) is 24.1 Å². The Morgan fingerprint density at radius 2 is 2.15 bits per heavy atom.